The largest absolute Gasteiger partial charge is 0.496 e. The fraction of sp³-hybridized carbons (Fsp3) is 0.500. The van der Waals surface area contributed by atoms with Gasteiger partial charge in [-0.15, -0.1) is 0 Å². The van der Waals surface area contributed by atoms with Crippen LogP contribution < -0.4 is 15.4 Å². The minimum atomic E-state index is -0.553. The topological polar surface area (TPSA) is 50.4 Å². The second-order valence-corrected chi connectivity index (χ2v) is 4.56. The van der Waals surface area contributed by atoms with Gasteiger partial charge in [0.25, 0.3) is 0 Å². The van der Waals surface area contributed by atoms with Crippen LogP contribution in [0.2, 0.25) is 0 Å². The molecule has 1 aromatic rings. The average molecular weight is 266 g/mol. The Hall–Kier alpha value is -1.78. The van der Waals surface area contributed by atoms with E-state index in [1.165, 1.54) is 0 Å². The van der Waals surface area contributed by atoms with Crippen molar-refractivity contribution in [1.82, 2.24) is 10.6 Å². The molecule has 2 rings (SSSR count). The van der Waals surface area contributed by atoms with E-state index in [0.717, 1.165) is 36.1 Å². The molecule has 1 aromatic carbocycles. The van der Waals surface area contributed by atoms with E-state index < -0.39 is 6.67 Å². The summed E-state index contributed by atoms with van der Waals surface area (Å²) < 4.78 is 17.4. The van der Waals surface area contributed by atoms with Crippen molar-refractivity contribution in [2.75, 3.05) is 20.3 Å². The molecule has 0 aliphatic heterocycles. The van der Waals surface area contributed by atoms with E-state index in [1.807, 2.05) is 18.2 Å². The second kappa shape index (κ2) is 6.41. The maximum atomic E-state index is 12.0. The van der Waals surface area contributed by atoms with Crippen LogP contribution in [-0.2, 0) is 6.42 Å². The fourth-order valence-electron chi connectivity index (χ4n) is 2.53. The zero-order chi connectivity index (χ0) is 13.7. The molecular formula is C14H19FN2O2. The Kier molecular flexibility index (Phi) is 4.60. The molecule has 0 bridgehead atoms. The number of nitrogens with one attached hydrogen (secondary N) is 2. The molecule has 0 saturated carbocycles. The molecule has 1 atom stereocenters. The van der Waals surface area contributed by atoms with Gasteiger partial charge in [0.2, 0.25) is 0 Å². The number of rotatable bonds is 4. The number of fused-ring (bicyclic) bond motifs is 1. The van der Waals surface area contributed by atoms with E-state index in [1.54, 1.807) is 7.11 Å². The summed E-state index contributed by atoms with van der Waals surface area (Å²) >= 11 is 0. The van der Waals surface area contributed by atoms with Crippen LogP contribution in [-0.4, -0.2) is 26.4 Å². The number of ether oxygens (including phenoxy) is 1. The summed E-state index contributed by atoms with van der Waals surface area (Å²) in [6.07, 6.45) is 2.86. The highest BCUT2D eigenvalue weighted by Gasteiger charge is 2.23. The Morgan fingerprint density at radius 2 is 2.37 bits per heavy atom. The lowest BCUT2D eigenvalue weighted by atomic mass is 9.87. The highest BCUT2D eigenvalue weighted by molar-refractivity contribution is 5.74. The first kappa shape index (κ1) is 13.6. The summed E-state index contributed by atoms with van der Waals surface area (Å²) in [6.45, 7) is -0.508. The monoisotopic (exact) mass is 266 g/mol. The Morgan fingerprint density at radius 3 is 3.11 bits per heavy atom. The normalized spacial score (nSPS) is 17.5. The van der Waals surface area contributed by atoms with Crippen LogP contribution in [0.15, 0.2) is 18.2 Å². The lowest BCUT2D eigenvalue weighted by molar-refractivity contribution is 0.234. The van der Waals surface area contributed by atoms with Crippen LogP contribution in [0.4, 0.5) is 9.18 Å². The molecule has 4 nitrogen and oxygen atoms in total. The third kappa shape index (κ3) is 3.16. The fourth-order valence-corrected chi connectivity index (χ4v) is 2.53. The van der Waals surface area contributed by atoms with Crippen molar-refractivity contribution in [3.8, 4) is 5.75 Å². The number of benzene rings is 1. The summed E-state index contributed by atoms with van der Waals surface area (Å²) in [6, 6.07) is 5.52. The van der Waals surface area contributed by atoms with Crippen molar-refractivity contribution >= 4 is 6.03 Å². The van der Waals surface area contributed by atoms with Gasteiger partial charge in [0.15, 0.2) is 0 Å². The molecule has 5 heteroatoms. The lowest BCUT2D eigenvalue weighted by Crippen LogP contribution is -2.39. The highest BCUT2D eigenvalue weighted by Crippen LogP contribution is 2.35. The van der Waals surface area contributed by atoms with E-state index in [4.69, 9.17) is 4.74 Å². The SMILES string of the molecule is COc1cccc2c1CCCC2NC(=O)NCCF. The number of hydrogen-bond acceptors (Lipinski definition) is 2. The van der Waals surface area contributed by atoms with Gasteiger partial charge >= 0.3 is 6.03 Å². The van der Waals surface area contributed by atoms with Crippen LogP contribution in [0.25, 0.3) is 0 Å². The van der Waals surface area contributed by atoms with Crippen molar-refractivity contribution in [2.45, 2.75) is 25.3 Å². The molecule has 1 aliphatic rings. The number of carbonyl (C=O) groups is 1. The van der Waals surface area contributed by atoms with Crippen molar-refractivity contribution in [3.05, 3.63) is 29.3 Å². The van der Waals surface area contributed by atoms with E-state index in [9.17, 15) is 9.18 Å². The zero-order valence-corrected chi connectivity index (χ0v) is 11.0. The summed E-state index contributed by atoms with van der Waals surface area (Å²) in [5, 5.41) is 5.37. The van der Waals surface area contributed by atoms with Crippen LogP contribution >= 0.6 is 0 Å². The summed E-state index contributed by atoms with van der Waals surface area (Å²) in [5.74, 6) is 0.869. The Morgan fingerprint density at radius 1 is 1.53 bits per heavy atom. The number of methoxy groups -OCH3 is 1. The number of urea groups is 1. The molecule has 0 heterocycles. The minimum absolute atomic E-state index is 0.0292. The van der Waals surface area contributed by atoms with Crippen molar-refractivity contribution in [2.24, 2.45) is 0 Å². The molecule has 104 valence electrons. The van der Waals surface area contributed by atoms with Crippen LogP contribution in [0, 0.1) is 0 Å². The number of carbonyl (C=O) groups excluding carboxylic acids is 1. The summed E-state index contributed by atoms with van der Waals surface area (Å²) in [7, 11) is 1.65. The lowest BCUT2D eigenvalue weighted by Gasteiger charge is -2.27. The molecule has 1 aliphatic carbocycles. The number of amides is 2. The highest BCUT2D eigenvalue weighted by atomic mass is 19.1. The maximum Gasteiger partial charge on any atom is 0.315 e. The number of hydrogen-bond donors (Lipinski definition) is 2. The van der Waals surface area contributed by atoms with Crippen molar-refractivity contribution in [3.63, 3.8) is 0 Å². The summed E-state index contributed by atoms with van der Waals surface area (Å²) in [5.41, 5.74) is 2.26. The molecule has 0 saturated heterocycles. The second-order valence-electron chi connectivity index (χ2n) is 4.56. The molecule has 0 fully saturated rings. The van der Waals surface area contributed by atoms with Gasteiger partial charge in [0, 0.05) is 6.54 Å². The van der Waals surface area contributed by atoms with Gasteiger partial charge < -0.3 is 15.4 Å². The molecule has 1 unspecified atom stereocenters. The molecule has 19 heavy (non-hydrogen) atoms. The standard InChI is InChI=1S/C14H19FN2O2/c1-19-13-7-3-4-10-11(13)5-2-6-12(10)17-14(18)16-9-8-15/h3-4,7,12H,2,5-6,8-9H2,1H3,(H2,16,17,18). The smallest absolute Gasteiger partial charge is 0.315 e. The van der Waals surface area contributed by atoms with Crippen molar-refractivity contribution < 1.29 is 13.9 Å². The molecule has 0 spiro atoms. The first-order chi connectivity index (χ1) is 9.26. The van der Waals surface area contributed by atoms with E-state index in [-0.39, 0.29) is 18.6 Å². The average Bonchev–Trinajstić information content (AvgIpc) is 2.45. The van der Waals surface area contributed by atoms with Gasteiger partial charge in [-0.2, -0.15) is 0 Å². The molecular weight excluding hydrogens is 247 g/mol. The van der Waals surface area contributed by atoms with Crippen LogP contribution in [0.1, 0.15) is 30.0 Å². The van der Waals surface area contributed by atoms with E-state index in [0.29, 0.717) is 0 Å². The zero-order valence-electron chi connectivity index (χ0n) is 11.0. The van der Waals surface area contributed by atoms with Crippen LogP contribution in [0.5, 0.6) is 5.75 Å². The minimum Gasteiger partial charge on any atom is -0.496 e. The predicted molar refractivity (Wildman–Crippen MR) is 71.2 cm³/mol. The van der Waals surface area contributed by atoms with E-state index >= 15 is 0 Å². The number of halogens is 1. The Labute approximate surface area is 112 Å². The Bertz CT molecular complexity index is 451. The van der Waals surface area contributed by atoms with E-state index in [2.05, 4.69) is 10.6 Å². The first-order valence-corrected chi connectivity index (χ1v) is 6.52. The van der Waals surface area contributed by atoms with Gasteiger partial charge in [-0.3, -0.25) is 0 Å². The molecule has 0 aromatic heterocycles. The Balaban J connectivity index is 2.11. The third-order valence-corrected chi connectivity index (χ3v) is 3.37. The first-order valence-electron chi connectivity index (χ1n) is 6.52. The van der Waals surface area contributed by atoms with Crippen molar-refractivity contribution in [1.29, 1.82) is 0 Å². The molecule has 2 amide bonds. The van der Waals surface area contributed by atoms with Gasteiger partial charge in [-0.05, 0) is 36.5 Å². The molecule has 2 N–H and O–H groups in total. The molecule has 0 radical (unpaired) electrons. The summed E-state index contributed by atoms with van der Waals surface area (Å²) in [4.78, 5) is 11.6. The van der Waals surface area contributed by atoms with Gasteiger partial charge in [-0.25, -0.2) is 9.18 Å². The van der Waals surface area contributed by atoms with Gasteiger partial charge in [-0.1, -0.05) is 12.1 Å². The van der Waals surface area contributed by atoms with Gasteiger partial charge in [0.1, 0.15) is 12.4 Å². The predicted octanol–water partition coefficient (Wildman–Crippen LogP) is 2.34. The quantitative estimate of drug-likeness (QED) is 0.879. The number of alkyl halides is 1. The maximum absolute atomic E-state index is 12.0. The third-order valence-electron chi connectivity index (χ3n) is 3.37. The van der Waals surface area contributed by atoms with Gasteiger partial charge in [0.05, 0.1) is 13.2 Å². The van der Waals surface area contributed by atoms with Crippen LogP contribution in [0.3, 0.4) is 0 Å².